The molecule has 6 nitrogen and oxygen atoms in total. The Labute approximate surface area is 165 Å². The van der Waals surface area contributed by atoms with Gasteiger partial charge in [0, 0.05) is 6.54 Å². The van der Waals surface area contributed by atoms with Gasteiger partial charge >= 0.3 is 11.9 Å². The van der Waals surface area contributed by atoms with Crippen molar-refractivity contribution in [3.8, 4) is 0 Å². The van der Waals surface area contributed by atoms with Crippen molar-refractivity contribution < 1.29 is 19.4 Å². The first-order valence-corrected chi connectivity index (χ1v) is 8.52. The molecule has 2 aromatic rings. The highest BCUT2D eigenvalue weighted by atomic mass is 35.5. The van der Waals surface area contributed by atoms with E-state index in [0.29, 0.717) is 6.54 Å². The van der Waals surface area contributed by atoms with Crippen molar-refractivity contribution in [2.45, 2.75) is 38.1 Å². The molecule has 2 aromatic carbocycles. The van der Waals surface area contributed by atoms with Crippen LogP contribution in [0, 0.1) is 0 Å². The minimum absolute atomic E-state index is 0. The van der Waals surface area contributed by atoms with Crippen LogP contribution in [0.2, 0.25) is 0 Å². The van der Waals surface area contributed by atoms with Gasteiger partial charge in [0.05, 0.1) is 0 Å². The minimum Gasteiger partial charge on any atom is -0.480 e. The number of benzene rings is 2. The molecule has 0 radical (unpaired) electrons. The third-order valence-corrected chi connectivity index (χ3v) is 3.99. The fourth-order valence-corrected chi connectivity index (χ4v) is 2.45. The molecule has 0 aromatic heterocycles. The Kier molecular flexibility index (Phi) is 10.1. The molecule has 0 bridgehead atoms. The summed E-state index contributed by atoms with van der Waals surface area (Å²) >= 11 is 0. The third-order valence-electron chi connectivity index (χ3n) is 3.99. The number of carbonyl (C=O) groups excluding carboxylic acids is 1. The highest BCUT2D eigenvalue weighted by Gasteiger charge is 2.21. The number of carboxylic acid groups (broad SMARTS) is 1. The van der Waals surface area contributed by atoms with Gasteiger partial charge in [0.1, 0.15) is 18.7 Å². The summed E-state index contributed by atoms with van der Waals surface area (Å²) in [6.07, 6.45) is 0.468. The molecular weight excluding hydrogens is 368 g/mol. The maximum absolute atomic E-state index is 12.0. The number of hydrogen-bond donors (Lipinski definition) is 3. The molecule has 2 atom stereocenters. The monoisotopic (exact) mass is 392 g/mol. The lowest BCUT2D eigenvalue weighted by atomic mass is 10.1. The van der Waals surface area contributed by atoms with Gasteiger partial charge in [0.2, 0.25) is 0 Å². The Morgan fingerprint density at radius 1 is 0.963 bits per heavy atom. The lowest BCUT2D eigenvalue weighted by molar-refractivity contribution is -0.147. The van der Waals surface area contributed by atoms with E-state index in [1.165, 1.54) is 0 Å². The van der Waals surface area contributed by atoms with Gasteiger partial charge in [-0.25, -0.2) is 0 Å². The van der Waals surface area contributed by atoms with Crippen LogP contribution in [-0.4, -0.2) is 29.1 Å². The highest BCUT2D eigenvalue weighted by Crippen LogP contribution is 2.07. The van der Waals surface area contributed by atoms with E-state index in [-0.39, 0.29) is 31.9 Å². The minimum atomic E-state index is -0.967. The predicted molar refractivity (Wildman–Crippen MR) is 105 cm³/mol. The molecule has 0 spiro atoms. The number of halogens is 1. The van der Waals surface area contributed by atoms with E-state index >= 15 is 0 Å². The van der Waals surface area contributed by atoms with E-state index < -0.39 is 24.0 Å². The lowest BCUT2D eigenvalue weighted by Gasteiger charge is -2.17. The zero-order valence-electron chi connectivity index (χ0n) is 14.9. The number of ether oxygens (including phenoxy) is 1. The Balaban J connectivity index is 0.00000364. The van der Waals surface area contributed by atoms with Crippen molar-refractivity contribution in [2.24, 2.45) is 5.73 Å². The van der Waals surface area contributed by atoms with Gasteiger partial charge in [0.15, 0.2) is 0 Å². The van der Waals surface area contributed by atoms with Crippen LogP contribution in [0.15, 0.2) is 60.7 Å². The molecule has 0 aliphatic rings. The van der Waals surface area contributed by atoms with E-state index in [2.05, 4.69) is 5.32 Å². The molecule has 0 amide bonds. The molecule has 0 aliphatic heterocycles. The first-order valence-electron chi connectivity index (χ1n) is 8.52. The van der Waals surface area contributed by atoms with Gasteiger partial charge in [-0.3, -0.25) is 9.59 Å². The van der Waals surface area contributed by atoms with Crippen molar-refractivity contribution in [3.63, 3.8) is 0 Å². The molecule has 1 unspecified atom stereocenters. The van der Waals surface area contributed by atoms with Crippen LogP contribution in [0.1, 0.15) is 24.0 Å². The molecule has 0 aliphatic carbocycles. The van der Waals surface area contributed by atoms with Gasteiger partial charge in [-0.2, -0.15) is 0 Å². The first-order chi connectivity index (χ1) is 12.6. The summed E-state index contributed by atoms with van der Waals surface area (Å²) in [7, 11) is 0. The summed E-state index contributed by atoms with van der Waals surface area (Å²) in [5.41, 5.74) is 7.71. The quantitative estimate of drug-likeness (QED) is 0.537. The summed E-state index contributed by atoms with van der Waals surface area (Å²) in [5.74, 6) is -1.49. The van der Waals surface area contributed by atoms with E-state index in [1.807, 2.05) is 60.7 Å². The van der Waals surface area contributed by atoms with Crippen LogP contribution >= 0.6 is 12.4 Å². The fraction of sp³-hybridized carbons (Fsp3) is 0.300. The van der Waals surface area contributed by atoms with Crippen LogP contribution in [-0.2, 0) is 27.5 Å². The molecular formula is C20H25ClN2O4. The summed E-state index contributed by atoms with van der Waals surface area (Å²) in [6, 6.07) is 17.2. The van der Waals surface area contributed by atoms with Gasteiger partial charge in [-0.05, 0) is 24.0 Å². The number of hydrogen-bond acceptors (Lipinski definition) is 5. The van der Waals surface area contributed by atoms with Gasteiger partial charge in [-0.1, -0.05) is 60.7 Å². The van der Waals surface area contributed by atoms with Crippen molar-refractivity contribution >= 4 is 24.3 Å². The maximum atomic E-state index is 12.0. The first kappa shape index (κ1) is 22.6. The van der Waals surface area contributed by atoms with Gasteiger partial charge in [0.25, 0.3) is 0 Å². The average molecular weight is 393 g/mol. The Hall–Kier alpha value is -2.41. The maximum Gasteiger partial charge on any atom is 0.323 e. The zero-order valence-corrected chi connectivity index (χ0v) is 15.7. The number of nitrogens with one attached hydrogen (secondary N) is 1. The standard InChI is InChI=1S/C20H24N2O4.ClH/c21-17(20(25)26-14-16-9-5-2-6-10-16)11-12-18(19(23)24)22-13-15-7-3-1-4-8-15;/h1-10,17-18,22H,11-14,21H2,(H,23,24);1H/t17?,18-;/m1./s1. The average Bonchev–Trinajstić information content (AvgIpc) is 2.67. The molecule has 7 heteroatoms. The number of esters is 1. The molecule has 0 fully saturated rings. The van der Waals surface area contributed by atoms with Crippen LogP contribution < -0.4 is 11.1 Å². The second-order valence-electron chi connectivity index (χ2n) is 6.03. The second-order valence-corrected chi connectivity index (χ2v) is 6.03. The number of nitrogens with two attached hydrogens (primary N) is 1. The zero-order chi connectivity index (χ0) is 18.8. The van der Waals surface area contributed by atoms with Gasteiger partial charge < -0.3 is 20.9 Å². The van der Waals surface area contributed by atoms with Crippen molar-refractivity contribution in [2.75, 3.05) is 0 Å². The molecule has 27 heavy (non-hydrogen) atoms. The lowest BCUT2D eigenvalue weighted by Crippen LogP contribution is -2.39. The summed E-state index contributed by atoms with van der Waals surface area (Å²) in [4.78, 5) is 23.4. The molecule has 2 rings (SSSR count). The topological polar surface area (TPSA) is 102 Å². The molecule has 4 N–H and O–H groups in total. The third kappa shape index (κ3) is 8.21. The van der Waals surface area contributed by atoms with Crippen molar-refractivity contribution in [1.29, 1.82) is 0 Å². The molecule has 0 saturated carbocycles. The Morgan fingerprint density at radius 2 is 1.52 bits per heavy atom. The van der Waals surface area contributed by atoms with E-state index in [0.717, 1.165) is 11.1 Å². The van der Waals surface area contributed by atoms with Crippen LogP contribution in [0.4, 0.5) is 0 Å². The molecule has 146 valence electrons. The normalized spacial score (nSPS) is 12.5. The smallest absolute Gasteiger partial charge is 0.323 e. The second kappa shape index (κ2) is 12.1. The predicted octanol–water partition coefficient (Wildman–Crippen LogP) is 2.50. The summed E-state index contributed by atoms with van der Waals surface area (Å²) in [6.45, 7) is 0.591. The molecule has 0 saturated heterocycles. The van der Waals surface area contributed by atoms with Crippen LogP contribution in [0.5, 0.6) is 0 Å². The number of rotatable bonds is 10. The number of carboxylic acids is 1. The fourth-order valence-electron chi connectivity index (χ4n) is 2.45. The summed E-state index contributed by atoms with van der Waals surface area (Å²) in [5, 5.41) is 12.3. The Bertz CT molecular complexity index is 698. The summed E-state index contributed by atoms with van der Waals surface area (Å²) < 4.78 is 5.18. The van der Waals surface area contributed by atoms with Crippen LogP contribution in [0.25, 0.3) is 0 Å². The van der Waals surface area contributed by atoms with Gasteiger partial charge in [-0.15, -0.1) is 12.4 Å². The van der Waals surface area contributed by atoms with E-state index in [9.17, 15) is 14.7 Å². The van der Waals surface area contributed by atoms with E-state index in [1.54, 1.807) is 0 Å². The van der Waals surface area contributed by atoms with Crippen molar-refractivity contribution in [3.05, 3.63) is 71.8 Å². The van der Waals surface area contributed by atoms with Crippen molar-refractivity contribution in [1.82, 2.24) is 5.32 Å². The number of carbonyl (C=O) groups is 2. The number of aliphatic carboxylic acids is 1. The molecule has 0 heterocycles. The van der Waals surface area contributed by atoms with Crippen LogP contribution in [0.3, 0.4) is 0 Å². The highest BCUT2D eigenvalue weighted by molar-refractivity contribution is 5.85. The Morgan fingerprint density at radius 3 is 2.07 bits per heavy atom. The van der Waals surface area contributed by atoms with E-state index in [4.69, 9.17) is 10.5 Å². The largest absolute Gasteiger partial charge is 0.480 e. The SMILES string of the molecule is Cl.NC(CC[C@@H](NCc1ccccc1)C(=O)O)C(=O)OCc1ccccc1.